The van der Waals surface area contributed by atoms with Gasteiger partial charge >= 0.3 is 0 Å². The number of nitrogens with zero attached hydrogens (tertiary/aromatic N) is 2. The van der Waals surface area contributed by atoms with Crippen molar-refractivity contribution in [1.29, 1.82) is 0 Å². The van der Waals surface area contributed by atoms with Crippen molar-refractivity contribution in [2.75, 3.05) is 0 Å². The van der Waals surface area contributed by atoms with E-state index in [4.69, 9.17) is 9.97 Å². The van der Waals surface area contributed by atoms with Crippen LogP contribution in [-0.4, -0.2) is 9.97 Å². The maximum Gasteiger partial charge on any atom is 0.128 e. The predicted octanol–water partition coefficient (Wildman–Crippen LogP) is 33.4. The lowest BCUT2D eigenvalue weighted by atomic mass is 9.96. The molecule has 0 saturated carbocycles. The molecule has 1 aromatic rings. The Morgan fingerprint density at radius 3 is 0.430 bits per heavy atom. The Kier molecular flexibility index (Phi) is 77.6. The van der Waals surface area contributed by atoms with E-state index < -0.39 is 0 Å². The highest BCUT2D eigenvalue weighted by Gasteiger charge is 2.15. The molecule has 1 rings (SSSR count). The van der Waals surface area contributed by atoms with Crippen LogP contribution in [0.2, 0.25) is 0 Å². The molecule has 0 atom stereocenters. The SMILES string of the molecule is [CH2]CCc1nc(CCCCCCCCCCCCCCCCCCCCCCCCCCCC)c(CCCCCCCCCCCCCCCCCCCCCCCCCCCC)c(CCCCCCCCCCCCCCCCCCCCCCCCCCCC)n1. The molecule has 1 aromatic heterocycles. The summed E-state index contributed by atoms with van der Waals surface area (Å²) in [5.41, 5.74) is 4.44. The van der Waals surface area contributed by atoms with E-state index in [1.54, 1.807) is 5.56 Å². The van der Waals surface area contributed by atoms with Gasteiger partial charge in [0.25, 0.3) is 0 Å². The van der Waals surface area contributed by atoms with Gasteiger partial charge in [-0.25, -0.2) is 9.97 Å². The molecule has 2 heteroatoms. The summed E-state index contributed by atoms with van der Waals surface area (Å²) >= 11 is 0. The molecule has 93 heavy (non-hydrogen) atoms. The summed E-state index contributed by atoms with van der Waals surface area (Å²) in [6.45, 7) is 11.2. The lowest BCUT2D eigenvalue weighted by Gasteiger charge is -2.16. The minimum Gasteiger partial charge on any atom is -0.238 e. The summed E-state index contributed by atoms with van der Waals surface area (Å²) in [6, 6.07) is 0. The van der Waals surface area contributed by atoms with Gasteiger partial charge in [-0.1, -0.05) is 509 Å². The first-order valence-electron chi connectivity index (χ1n) is 44.9. The highest BCUT2D eigenvalue weighted by atomic mass is 14.9. The molecule has 1 radical (unpaired) electrons. The molecule has 0 aliphatic carbocycles. The summed E-state index contributed by atoms with van der Waals surface area (Å²) in [7, 11) is 0. The van der Waals surface area contributed by atoms with Crippen LogP contribution in [0.25, 0.3) is 0 Å². The van der Waals surface area contributed by atoms with Crippen molar-refractivity contribution in [3.63, 3.8) is 0 Å². The van der Waals surface area contributed by atoms with E-state index in [2.05, 4.69) is 27.7 Å². The number of rotatable bonds is 83. The fourth-order valence-electron chi connectivity index (χ4n) is 15.4. The van der Waals surface area contributed by atoms with E-state index in [9.17, 15) is 0 Å². The van der Waals surface area contributed by atoms with Gasteiger partial charge in [0.05, 0.1) is 0 Å². The van der Waals surface area contributed by atoms with Crippen molar-refractivity contribution in [2.24, 2.45) is 0 Å². The Hall–Kier alpha value is -0.920. The zero-order valence-electron chi connectivity index (χ0n) is 65.3. The summed E-state index contributed by atoms with van der Waals surface area (Å²) in [4.78, 5) is 10.7. The molecule has 0 aliphatic rings. The summed E-state index contributed by atoms with van der Waals surface area (Å²) in [6.07, 6.45) is 119. The van der Waals surface area contributed by atoms with Crippen LogP contribution in [0, 0.1) is 6.92 Å². The molecule has 0 spiro atoms. The van der Waals surface area contributed by atoms with Crippen LogP contribution in [0.5, 0.6) is 0 Å². The zero-order chi connectivity index (χ0) is 66.4. The van der Waals surface area contributed by atoms with E-state index in [0.29, 0.717) is 0 Å². The fraction of sp³-hybridized carbons (Fsp3) is 0.945. The number of aryl methyl sites for hydroxylation is 3. The second-order valence-corrected chi connectivity index (χ2v) is 31.4. The molecule has 0 saturated heterocycles. The van der Waals surface area contributed by atoms with Crippen LogP contribution in [-0.2, 0) is 25.7 Å². The second-order valence-electron chi connectivity index (χ2n) is 31.4. The van der Waals surface area contributed by atoms with Crippen LogP contribution in [0.1, 0.15) is 551 Å². The van der Waals surface area contributed by atoms with Gasteiger partial charge < -0.3 is 0 Å². The highest BCUT2D eigenvalue weighted by Crippen LogP contribution is 2.25. The molecule has 1 heterocycles. The van der Waals surface area contributed by atoms with Crippen molar-refractivity contribution in [3.8, 4) is 0 Å². The average molecular weight is 1300 g/mol. The van der Waals surface area contributed by atoms with E-state index in [1.807, 2.05) is 0 Å². The molecule has 0 bridgehead atoms. The summed E-state index contributed by atoms with van der Waals surface area (Å²) < 4.78 is 0. The van der Waals surface area contributed by atoms with Crippen molar-refractivity contribution in [1.82, 2.24) is 9.97 Å². The third-order valence-corrected chi connectivity index (χ3v) is 21.9. The van der Waals surface area contributed by atoms with Gasteiger partial charge in [-0.3, -0.25) is 0 Å². The Morgan fingerprint density at radius 2 is 0.290 bits per heavy atom. The third-order valence-electron chi connectivity index (χ3n) is 21.9. The van der Waals surface area contributed by atoms with E-state index in [-0.39, 0.29) is 0 Å². The second kappa shape index (κ2) is 80.1. The molecule has 0 unspecified atom stereocenters. The van der Waals surface area contributed by atoms with E-state index in [0.717, 1.165) is 31.5 Å². The molecule has 0 fully saturated rings. The minimum atomic E-state index is 0.900. The topological polar surface area (TPSA) is 25.8 Å². The van der Waals surface area contributed by atoms with Crippen molar-refractivity contribution >= 4 is 0 Å². The van der Waals surface area contributed by atoms with E-state index >= 15 is 0 Å². The normalized spacial score (nSPS) is 11.8. The maximum atomic E-state index is 5.36. The van der Waals surface area contributed by atoms with Crippen molar-refractivity contribution in [3.05, 3.63) is 29.7 Å². The first-order valence-corrected chi connectivity index (χ1v) is 44.9. The lowest BCUT2D eigenvalue weighted by molar-refractivity contribution is 0.514. The molecular formula is C91H177N2. The Bertz CT molecular complexity index is 1420. The van der Waals surface area contributed by atoms with Gasteiger partial charge in [-0.15, -0.1) is 0 Å². The van der Waals surface area contributed by atoms with Crippen LogP contribution in [0.3, 0.4) is 0 Å². The van der Waals surface area contributed by atoms with Gasteiger partial charge in [0.15, 0.2) is 0 Å². The van der Waals surface area contributed by atoms with Gasteiger partial charge in [0.2, 0.25) is 0 Å². The van der Waals surface area contributed by atoms with Gasteiger partial charge in [0, 0.05) is 17.8 Å². The fourth-order valence-corrected chi connectivity index (χ4v) is 15.4. The smallest absolute Gasteiger partial charge is 0.128 e. The zero-order valence-corrected chi connectivity index (χ0v) is 65.3. The van der Waals surface area contributed by atoms with Crippen LogP contribution in [0.15, 0.2) is 0 Å². The van der Waals surface area contributed by atoms with Crippen LogP contribution < -0.4 is 0 Å². The van der Waals surface area contributed by atoms with Gasteiger partial charge in [0.1, 0.15) is 5.82 Å². The molecule has 0 N–H and O–H groups in total. The quantitative estimate of drug-likeness (QED) is 0.0608. The largest absolute Gasteiger partial charge is 0.238 e. The van der Waals surface area contributed by atoms with Crippen molar-refractivity contribution < 1.29 is 0 Å². The molecule has 0 amide bonds. The number of hydrogen-bond acceptors (Lipinski definition) is 2. The Labute approximate surface area is 590 Å². The first kappa shape index (κ1) is 90.1. The lowest BCUT2D eigenvalue weighted by Crippen LogP contribution is -2.11. The van der Waals surface area contributed by atoms with Crippen LogP contribution in [0.4, 0.5) is 0 Å². The monoisotopic (exact) mass is 1300 g/mol. The molecule has 0 aliphatic heterocycles. The standard InChI is InChI=1S/C91H177N2/c1-5-9-12-15-18-21-24-27-30-33-36-39-42-45-48-51-54-57-60-63-66-69-72-75-78-81-85-88-89(86-82-79-76-73-70-67-64-61-58-55-52-49-46-43-40-37-34-31-28-25-22-19-16-13-10-6-2)92-91(84-8-4)93-90(88)87-83-80-77-74-71-68-65-62-59-56-53-50-47-44-41-38-35-32-29-26-23-20-17-14-11-7-3/h4-87H2,1-3H3. The molecular weight excluding hydrogens is 1120 g/mol. The molecule has 2 nitrogen and oxygen atoms in total. The average Bonchev–Trinajstić information content (AvgIpc) is 1.73. The summed E-state index contributed by atoms with van der Waals surface area (Å²) in [5, 5.41) is 0. The molecule has 551 valence electrons. The van der Waals surface area contributed by atoms with E-state index in [1.165, 1.54) is 519 Å². The van der Waals surface area contributed by atoms with Crippen LogP contribution >= 0.6 is 0 Å². The minimum absolute atomic E-state index is 0.900. The highest BCUT2D eigenvalue weighted by molar-refractivity contribution is 5.27. The Morgan fingerprint density at radius 1 is 0.161 bits per heavy atom. The van der Waals surface area contributed by atoms with Crippen molar-refractivity contribution in [2.45, 2.75) is 554 Å². The maximum absolute atomic E-state index is 5.36. The predicted molar refractivity (Wildman–Crippen MR) is 424 cm³/mol. The summed E-state index contributed by atoms with van der Waals surface area (Å²) in [5.74, 6) is 1.09. The number of unbranched alkanes of at least 4 members (excludes halogenated alkanes) is 75. The van der Waals surface area contributed by atoms with Gasteiger partial charge in [-0.05, 0) is 50.5 Å². The molecule has 0 aromatic carbocycles. The first-order chi connectivity index (χ1) is 46.3. The van der Waals surface area contributed by atoms with Gasteiger partial charge in [-0.2, -0.15) is 0 Å². The number of hydrogen-bond donors (Lipinski definition) is 0. The number of aromatic nitrogens is 2. The Balaban J connectivity index is 2.34. The third kappa shape index (κ3) is 69.4.